The van der Waals surface area contributed by atoms with Gasteiger partial charge in [0.2, 0.25) is 15.9 Å². The maximum Gasteiger partial charge on any atom is 0.217 e. The van der Waals surface area contributed by atoms with Crippen LogP contribution in [0, 0.1) is 0 Å². The van der Waals surface area contributed by atoms with Gasteiger partial charge in [0.05, 0.1) is 24.2 Å². The molecule has 0 saturated heterocycles. The Morgan fingerprint density at radius 3 is 2.91 bits per heavy atom. The minimum Gasteiger partial charge on any atom is -0.439 e. The lowest BCUT2D eigenvalue weighted by molar-refractivity contribution is 0.485. The molecule has 3 aromatic rings. The van der Waals surface area contributed by atoms with Crippen LogP contribution in [-0.4, -0.2) is 34.1 Å². The van der Waals surface area contributed by atoms with E-state index in [4.69, 9.17) is 4.42 Å². The van der Waals surface area contributed by atoms with E-state index in [1.165, 1.54) is 0 Å². The predicted molar refractivity (Wildman–Crippen MR) is 79.4 cm³/mol. The summed E-state index contributed by atoms with van der Waals surface area (Å²) in [7, 11) is -3.24. The molecule has 0 aliphatic heterocycles. The van der Waals surface area contributed by atoms with Crippen molar-refractivity contribution >= 4 is 21.1 Å². The van der Waals surface area contributed by atoms with Crippen molar-refractivity contribution < 1.29 is 12.8 Å². The van der Waals surface area contributed by atoms with Gasteiger partial charge in [0, 0.05) is 0 Å². The summed E-state index contributed by atoms with van der Waals surface area (Å²) in [6.45, 7) is 2.03. The zero-order chi connectivity index (χ0) is 15.6. The Bertz CT molecular complexity index is 851. The number of sulfonamides is 1. The maximum absolute atomic E-state index is 11.4. The van der Waals surface area contributed by atoms with Crippen LogP contribution < -0.4 is 4.72 Å². The lowest BCUT2D eigenvalue weighted by Crippen LogP contribution is -2.24. The minimum atomic E-state index is -3.24. The van der Waals surface area contributed by atoms with E-state index >= 15 is 0 Å². The summed E-state index contributed by atoms with van der Waals surface area (Å²) in [5.74, 6) is 0.552. The Morgan fingerprint density at radius 2 is 2.14 bits per heavy atom. The maximum atomic E-state index is 11.4. The quantitative estimate of drug-likeness (QED) is 0.724. The van der Waals surface area contributed by atoms with Crippen LogP contribution in [0.5, 0.6) is 0 Å². The number of oxazole rings is 1. The summed E-state index contributed by atoms with van der Waals surface area (Å²) in [5.41, 5.74) is 2.04. The summed E-state index contributed by atoms with van der Waals surface area (Å²) in [6, 6.07) is 7.49. The highest BCUT2D eigenvalue weighted by Gasteiger charge is 2.10. The van der Waals surface area contributed by atoms with Gasteiger partial charge in [0.15, 0.2) is 5.58 Å². The number of para-hydroxylation sites is 2. The van der Waals surface area contributed by atoms with Crippen LogP contribution in [0.15, 0.2) is 34.9 Å². The highest BCUT2D eigenvalue weighted by molar-refractivity contribution is 7.89. The van der Waals surface area contributed by atoms with Crippen molar-refractivity contribution in [2.75, 3.05) is 5.75 Å². The van der Waals surface area contributed by atoms with E-state index in [0.717, 1.165) is 5.52 Å². The van der Waals surface area contributed by atoms with Gasteiger partial charge in [0.25, 0.3) is 0 Å². The van der Waals surface area contributed by atoms with Crippen LogP contribution in [0.25, 0.3) is 11.1 Å². The molecule has 0 aliphatic rings. The first-order valence-electron chi connectivity index (χ1n) is 6.76. The molecule has 0 unspecified atom stereocenters. The average molecular weight is 321 g/mol. The van der Waals surface area contributed by atoms with E-state index in [-0.39, 0.29) is 12.3 Å². The molecule has 0 saturated carbocycles. The smallest absolute Gasteiger partial charge is 0.217 e. The zero-order valence-electron chi connectivity index (χ0n) is 11.9. The Morgan fingerprint density at radius 1 is 1.32 bits per heavy atom. The molecule has 3 rings (SSSR count). The van der Waals surface area contributed by atoms with Gasteiger partial charge in [-0.15, -0.1) is 5.10 Å². The number of hydrogen-bond donors (Lipinski definition) is 1. The second-order valence-corrected chi connectivity index (χ2v) is 6.80. The highest BCUT2D eigenvalue weighted by Crippen LogP contribution is 2.15. The van der Waals surface area contributed by atoms with E-state index in [2.05, 4.69) is 20.0 Å². The van der Waals surface area contributed by atoms with Gasteiger partial charge < -0.3 is 4.42 Å². The predicted octanol–water partition coefficient (Wildman–Crippen LogP) is 0.907. The Hall–Kier alpha value is -2.26. The third kappa shape index (κ3) is 3.31. The molecular formula is C13H15N5O3S. The standard InChI is InChI=1S/C13H15N5O3S/c1-2-22(19,20)14-7-10-8-18(17-16-10)9-13-15-11-5-3-4-6-12(11)21-13/h3-6,8,14H,2,7,9H2,1H3. The Kier molecular flexibility index (Phi) is 3.90. The van der Waals surface area contributed by atoms with E-state index < -0.39 is 10.0 Å². The number of benzene rings is 1. The number of aromatic nitrogens is 4. The number of fused-ring (bicyclic) bond motifs is 1. The lowest BCUT2D eigenvalue weighted by Gasteiger charge is -2.00. The van der Waals surface area contributed by atoms with Crippen molar-refractivity contribution in [3.8, 4) is 0 Å². The molecule has 8 nitrogen and oxygen atoms in total. The molecule has 1 N–H and O–H groups in total. The molecule has 0 amide bonds. The second-order valence-electron chi connectivity index (χ2n) is 4.71. The molecule has 0 fully saturated rings. The first kappa shape index (κ1) is 14.7. The number of hydrogen-bond acceptors (Lipinski definition) is 6. The third-order valence-electron chi connectivity index (χ3n) is 3.07. The van der Waals surface area contributed by atoms with Crippen LogP contribution >= 0.6 is 0 Å². The van der Waals surface area contributed by atoms with E-state index in [1.807, 2.05) is 24.3 Å². The number of nitrogens with zero attached hydrogens (tertiary/aromatic N) is 4. The fourth-order valence-corrected chi connectivity index (χ4v) is 2.48. The van der Waals surface area contributed by atoms with Crippen molar-refractivity contribution in [3.05, 3.63) is 42.0 Å². The molecular weight excluding hydrogens is 306 g/mol. The van der Waals surface area contributed by atoms with Crippen molar-refractivity contribution in [1.29, 1.82) is 0 Å². The number of nitrogens with one attached hydrogen (secondary N) is 1. The molecule has 116 valence electrons. The second kappa shape index (κ2) is 5.85. The van der Waals surface area contributed by atoms with Crippen molar-refractivity contribution in [3.63, 3.8) is 0 Å². The van der Waals surface area contributed by atoms with Crippen LogP contribution in [0.4, 0.5) is 0 Å². The van der Waals surface area contributed by atoms with Gasteiger partial charge in [-0.05, 0) is 19.1 Å². The first-order valence-corrected chi connectivity index (χ1v) is 8.42. The molecule has 0 bridgehead atoms. The van der Waals surface area contributed by atoms with E-state index in [1.54, 1.807) is 17.8 Å². The van der Waals surface area contributed by atoms with Crippen LogP contribution in [0.1, 0.15) is 18.5 Å². The molecule has 1 aromatic carbocycles. The van der Waals surface area contributed by atoms with Gasteiger partial charge in [0.1, 0.15) is 12.1 Å². The summed E-state index contributed by atoms with van der Waals surface area (Å²) >= 11 is 0. The fraction of sp³-hybridized carbons (Fsp3) is 0.308. The SMILES string of the molecule is CCS(=O)(=O)NCc1cn(Cc2nc3ccccc3o2)nn1. The Labute approximate surface area is 127 Å². The molecule has 9 heteroatoms. The Balaban J connectivity index is 1.68. The van der Waals surface area contributed by atoms with Crippen LogP contribution in [0.3, 0.4) is 0 Å². The third-order valence-corrected chi connectivity index (χ3v) is 4.42. The molecule has 2 heterocycles. The molecule has 22 heavy (non-hydrogen) atoms. The van der Waals surface area contributed by atoms with Gasteiger partial charge in [-0.25, -0.2) is 22.8 Å². The summed E-state index contributed by atoms with van der Waals surface area (Å²) in [4.78, 5) is 4.35. The normalized spacial score (nSPS) is 12.0. The van der Waals surface area contributed by atoms with Gasteiger partial charge >= 0.3 is 0 Å². The average Bonchev–Trinajstić information content (AvgIpc) is 3.11. The fourth-order valence-electron chi connectivity index (χ4n) is 1.91. The van der Waals surface area contributed by atoms with Gasteiger partial charge in [-0.3, -0.25) is 0 Å². The monoisotopic (exact) mass is 321 g/mol. The topological polar surface area (TPSA) is 103 Å². The van der Waals surface area contributed by atoms with Gasteiger partial charge in [-0.2, -0.15) is 0 Å². The summed E-state index contributed by atoms with van der Waals surface area (Å²) in [6.07, 6.45) is 1.66. The molecule has 0 spiro atoms. The van der Waals surface area contributed by atoms with Crippen LogP contribution in [0.2, 0.25) is 0 Å². The largest absolute Gasteiger partial charge is 0.439 e. The van der Waals surface area contributed by atoms with Gasteiger partial charge in [-0.1, -0.05) is 17.3 Å². The van der Waals surface area contributed by atoms with Crippen molar-refractivity contribution in [2.24, 2.45) is 0 Å². The number of rotatable bonds is 6. The van der Waals surface area contributed by atoms with Crippen molar-refractivity contribution in [1.82, 2.24) is 24.7 Å². The summed E-state index contributed by atoms with van der Waals surface area (Å²) in [5, 5.41) is 7.86. The molecule has 0 radical (unpaired) electrons. The highest BCUT2D eigenvalue weighted by atomic mass is 32.2. The molecule has 0 atom stereocenters. The van der Waals surface area contributed by atoms with E-state index in [0.29, 0.717) is 23.7 Å². The van der Waals surface area contributed by atoms with Crippen LogP contribution in [-0.2, 0) is 23.1 Å². The molecule has 0 aliphatic carbocycles. The van der Waals surface area contributed by atoms with Crippen molar-refractivity contribution in [2.45, 2.75) is 20.0 Å². The summed E-state index contributed by atoms with van der Waals surface area (Å²) < 4.78 is 32.4. The lowest BCUT2D eigenvalue weighted by atomic mass is 10.3. The molecule has 2 aromatic heterocycles. The minimum absolute atomic E-state index is 0.0318. The van der Waals surface area contributed by atoms with E-state index in [9.17, 15) is 8.42 Å². The zero-order valence-corrected chi connectivity index (χ0v) is 12.7. The first-order chi connectivity index (χ1) is 10.6.